The average molecular weight is 237 g/mol. The molecule has 0 aliphatic carbocycles. The molecule has 0 radical (unpaired) electrons. The van der Waals surface area contributed by atoms with Crippen LogP contribution in [0.15, 0.2) is 18.5 Å². The number of rotatable bonds is 4. The molecule has 1 fully saturated rings. The molecule has 0 spiro atoms. The number of pyridine rings is 1. The van der Waals surface area contributed by atoms with Crippen LogP contribution in [0.5, 0.6) is 5.75 Å². The van der Waals surface area contributed by atoms with Crippen LogP contribution in [-0.4, -0.2) is 40.3 Å². The van der Waals surface area contributed by atoms with Gasteiger partial charge in [-0.25, -0.2) is 4.79 Å². The van der Waals surface area contributed by atoms with E-state index in [4.69, 9.17) is 15.6 Å². The van der Waals surface area contributed by atoms with Crippen molar-refractivity contribution in [2.24, 2.45) is 5.73 Å². The summed E-state index contributed by atoms with van der Waals surface area (Å²) in [7, 11) is 0. The molecule has 2 rings (SSSR count). The Balaban J connectivity index is 1.92. The van der Waals surface area contributed by atoms with Crippen molar-refractivity contribution in [1.29, 1.82) is 0 Å². The van der Waals surface area contributed by atoms with Crippen molar-refractivity contribution >= 4 is 6.09 Å². The van der Waals surface area contributed by atoms with Gasteiger partial charge in [-0.3, -0.25) is 4.98 Å². The fourth-order valence-electron chi connectivity index (χ4n) is 1.76. The lowest BCUT2D eigenvalue weighted by molar-refractivity contribution is 0.0496. The van der Waals surface area contributed by atoms with Crippen LogP contribution >= 0.6 is 0 Å². The Morgan fingerprint density at radius 1 is 1.71 bits per heavy atom. The third-order valence-corrected chi connectivity index (χ3v) is 2.91. The second-order valence-corrected chi connectivity index (χ2v) is 3.92. The van der Waals surface area contributed by atoms with Crippen molar-refractivity contribution < 1.29 is 14.6 Å². The highest BCUT2D eigenvalue weighted by atomic mass is 16.5. The molecular weight excluding hydrogens is 222 g/mol. The summed E-state index contributed by atoms with van der Waals surface area (Å²) >= 11 is 0. The number of carboxylic acid groups (broad SMARTS) is 1. The molecule has 1 aromatic rings. The fourth-order valence-corrected chi connectivity index (χ4v) is 1.76. The number of hydrogen-bond acceptors (Lipinski definition) is 4. The highest BCUT2D eigenvalue weighted by Crippen LogP contribution is 2.21. The van der Waals surface area contributed by atoms with Crippen molar-refractivity contribution in [1.82, 2.24) is 9.88 Å². The highest BCUT2D eigenvalue weighted by molar-refractivity contribution is 5.66. The summed E-state index contributed by atoms with van der Waals surface area (Å²) in [6, 6.07) is 1.74. The molecule has 92 valence electrons. The minimum atomic E-state index is -0.893. The number of nitrogens with zero attached hydrogens (tertiary/aromatic N) is 2. The van der Waals surface area contributed by atoms with Crippen molar-refractivity contribution in [2.75, 3.05) is 13.2 Å². The second kappa shape index (κ2) is 5.01. The van der Waals surface area contributed by atoms with Gasteiger partial charge in [-0.1, -0.05) is 0 Å². The molecule has 2 heterocycles. The van der Waals surface area contributed by atoms with Crippen LogP contribution in [0, 0.1) is 0 Å². The number of nitrogens with two attached hydrogens (primary N) is 1. The van der Waals surface area contributed by atoms with E-state index in [0.29, 0.717) is 25.4 Å². The van der Waals surface area contributed by atoms with Gasteiger partial charge in [0.25, 0.3) is 0 Å². The van der Waals surface area contributed by atoms with Crippen LogP contribution in [0.25, 0.3) is 0 Å². The summed E-state index contributed by atoms with van der Waals surface area (Å²) in [5.74, 6) is 0.632. The Morgan fingerprint density at radius 2 is 2.53 bits per heavy atom. The molecule has 1 saturated heterocycles. The Morgan fingerprint density at radius 3 is 3.12 bits per heavy atom. The summed E-state index contributed by atoms with van der Waals surface area (Å²) in [5, 5.41) is 8.84. The van der Waals surface area contributed by atoms with Crippen molar-refractivity contribution in [3.63, 3.8) is 0 Å². The van der Waals surface area contributed by atoms with Crippen LogP contribution < -0.4 is 10.5 Å². The molecule has 1 atom stereocenters. The molecule has 6 heteroatoms. The van der Waals surface area contributed by atoms with E-state index in [1.54, 1.807) is 18.5 Å². The topological polar surface area (TPSA) is 88.7 Å². The van der Waals surface area contributed by atoms with E-state index in [-0.39, 0.29) is 6.04 Å². The van der Waals surface area contributed by atoms with Crippen molar-refractivity contribution in [2.45, 2.75) is 19.0 Å². The second-order valence-electron chi connectivity index (χ2n) is 3.92. The molecule has 17 heavy (non-hydrogen) atoms. The normalized spacial score (nSPS) is 18.6. The van der Waals surface area contributed by atoms with Gasteiger partial charge in [0.15, 0.2) is 0 Å². The lowest BCUT2D eigenvalue weighted by Crippen LogP contribution is -2.53. The molecule has 1 aliphatic heterocycles. The molecule has 1 aliphatic rings. The van der Waals surface area contributed by atoms with Gasteiger partial charge in [0.2, 0.25) is 0 Å². The third kappa shape index (κ3) is 2.47. The minimum Gasteiger partial charge on any atom is -0.489 e. The van der Waals surface area contributed by atoms with E-state index in [0.717, 1.165) is 12.0 Å². The van der Waals surface area contributed by atoms with Gasteiger partial charge >= 0.3 is 6.09 Å². The number of ether oxygens (including phenoxy) is 1. The summed E-state index contributed by atoms with van der Waals surface area (Å²) in [4.78, 5) is 16.1. The van der Waals surface area contributed by atoms with Crippen LogP contribution in [-0.2, 0) is 6.54 Å². The van der Waals surface area contributed by atoms with Crippen LogP contribution in [0.1, 0.15) is 12.0 Å². The lowest BCUT2D eigenvalue weighted by Gasteiger charge is -2.38. The Bertz CT molecular complexity index is 411. The van der Waals surface area contributed by atoms with Gasteiger partial charge in [-0.2, -0.15) is 0 Å². The maximum atomic E-state index is 10.8. The Hall–Kier alpha value is -1.82. The zero-order valence-electron chi connectivity index (χ0n) is 9.37. The number of amides is 1. The highest BCUT2D eigenvalue weighted by Gasteiger charge is 2.32. The smallest absolute Gasteiger partial charge is 0.407 e. The van der Waals surface area contributed by atoms with E-state index < -0.39 is 6.09 Å². The number of carbonyl (C=O) groups is 1. The molecule has 0 saturated carbocycles. The largest absolute Gasteiger partial charge is 0.489 e. The van der Waals surface area contributed by atoms with Gasteiger partial charge in [-0.15, -0.1) is 0 Å². The number of likely N-dealkylation sites (tertiary alicyclic amines) is 1. The molecular formula is C11H15N3O3. The lowest BCUT2D eigenvalue weighted by atomic mass is 10.1. The van der Waals surface area contributed by atoms with Crippen LogP contribution in [0.3, 0.4) is 0 Å². The van der Waals surface area contributed by atoms with E-state index in [1.807, 2.05) is 0 Å². The standard InChI is InChI=1S/C11H15N3O3/c12-5-8-1-3-13-6-10(8)17-7-9-2-4-14(9)11(15)16/h1,3,6,9H,2,4-5,7,12H2,(H,15,16)/t9-/m0/s1. The average Bonchev–Trinajstić information content (AvgIpc) is 2.27. The van der Waals surface area contributed by atoms with Gasteiger partial charge < -0.3 is 20.5 Å². The first-order valence-corrected chi connectivity index (χ1v) is 5.47. The SMILES string of the molecule is NCc1ccncc1OC[C@@H]1CCN1C(=O)O. The first-order valence-electron chi connectivity index (χ1n) is 5.47. The number of hydrogen-bond donors (Lipinski definition) is 2. The summed E-state index contributed by atoms with van der Waals surface area (Å²) in [5.41, 5.74) is 6.44. The number of aromatic nitrogens is 1. The fraction of sp³-hybridized carbons (Fsp3) is 0.455. The molecule has 3 N–H and O–H groups in total. The first-order chi connectivity index (χ1) is 8.22. The summed E-state index contributed by atoms with van der Waals surface area (Å²) < 4.78 is 5.56. The monoisotopic (exact) mass is 237 g/mol. The van der Waals surface area contributed by atoms with E-state index in [1.165, 1.54) is 4.90 Å². The Kier molecular flexibility index (Phi) is 3.43. The first kappa shape index (κ1) is 11.7. The van der Waals surface area contributed by atoms with Gasteiger partial charge in [0, 0.05) is 24.8 Å². The third-order valence-electron chi connectivity index (χ3n) is 2.91. The van der Waals surface area contributed by atoms with E-state index >= 15 is 0 Å². The molecule has 1 amide bonds. The van der Waals surface area contributed by atoms with E-state index in [2.05, 4.69) is 4.98 Å². The maximum absolute atomic E-state index is 10.8. The zero-order chi connectivity index (χ0) is 12.3. The molecule has 6 nitrogen and oxygen atoms in total. The minimum absolute atomic E-state index is 0.0571. The van der Waals surface area contributed by atoms with Gasteiger partial charge in [0.05, 0.1) is 12.2 Å². The summed E-state index contributed by atoms with van der Waals surface area (Å²) in [6.07, 6.45) is 3.20. The predicted molar refractivity (Wildman–Crippen MR) is 60.8 cm³/mol. The van der Waals surface area contributed by atoms with Crippen molar-refractivity contribution in [3.05, 3.63) is 24.0 Å². The quantitative estimate of drug-likeness (QED) is 0.803. The molecule has 1 aromatic heterocycles. The van der Waals surface area contributed by atoms with E-state index in [9.17, 15) is 4.79 Å². The maximum Gasteiger partial charge on any atom is 0.407 e. The molecule has 0 unspecified atom stereocenters. The van der Waals surface area contributed by atoms with Crippen LogP contribution in [0.2, 0.25) is 0 Å². The zero-order valence-corrected chi connectivity index (χ0v) is 9.37. The van der Waals surface area contributed by atoms with Gasteiger partial charge in [-0.05, 0) is 12.5 Å². The Labute approximate surface area is 99.0 Å². The van der Waals surface area contributed by atoms with Crippen molar-refractivity contribution in [3.8, 4) is 5.75 Å². The summed E-state index contributed by atoms with van der Waals surface area (Å²) in [6.45, 7) is 1.32. The molecule has 0 aromatic carbocycles. The molecule has 0 bridgehead atoms. The van der Waals surface area contributed by atoms with Crippen LogP contribution in [0.4, 0.5) is 4.79 Å². The predicted octanol–water partition coefficient (Wildman–Crippen LogP) is 0.671. The van der Waals surface area contributed by atoms with Gasteiger partial charge in [0.1, 0.15) is 12.4 Å².